The van der Waals surface area contributed by atoms with Gasteiger partial charge in [0.15, 0.2) is 0 Å². The minimum Gasteiger partial charge on any atom is -0.387 e. The number of amides is 1. The number of pyridine rings is 1. The first kappa shape index (κ1) is 22.2. The average Bonchev–Trinajstić information content (AvgIpc) is 3.38. The van der Waals surface area contributed by atoms with Crippen molar-refractivity contribution in [2.45, 2.75) is 45.5 Å². The monoisotopic (exact) mass is 455 g/mol. The van der Waals surface area contributed by atoms with Crippen LogP contribution in [0.1, 0.15) is 38.2 Å². The Labute approximate surface area is 189 Å². The maximum Gasteiger partial charge on any atom is 0.270 e. The van der Waals surface area contributed by atoms with Crippen LogP contribution in [0.4, 0.5) is 10.1 Å². The number of aliphatic hydroxyl groups is 1. The first-order chi connectivity index (χ1) is 15.1. The summed E-state index contributed by atoms with van der Waals surface area (Å²) in [7, 11) is 0. The number of anilines is 1. The van der Waals surface area contributed by atoms with Crippen molar-refractivity contribution < 1.29 is 14.3 Å². The van der Waals surface area contributed by atoms with Gasteiger partial charge in [-0.1, -0.05) is 6.07 Å². The van der Waals surface area contributed by atoms with Crippen LogP contribution < -0.4 is 10.6 Å². The van der Waals surface area contributed by atoms with Crippen LogP contribution in [0.3, 0.4) is 0 Å². The Bertz CT molecular complexity index is 1260. The Hall–Kier alpha value is -3.04. The molecule has 4 aromatic rings. The molecule has 0 bridgehead atoms. The Kier molecular flexibility index (Phi) is 5.87. The summed E-state index contributed by atoms with van der Waals surface area (Å²) in [5.41, 5.74) is 4.57. The second kappa shape index (κ2) is 8.48. The number of thiazole rings is 1. The van der Waals surface area contributed by atoms with E-state index in [1.165, 1.54) is 13.8 Å². The molecule has 0 aliphatic carbocycles. The zero-order valence-electron chi connectivity index (χ0n) is 18.4. The van der Waals surface area contributed by atoms with E-state index in [4.69, 9.17) is 0 Å². The zero-order chi connectivity index (χ0) is 23.0. The van der Waals surface area contributed by atoms with Gasteiger partial charge in [-0.25, -0.2) is 9.37 Å². The van der Waals surface area contributed by atoms with Crippen LogP contribution in [-0.2, 0) is 0 Å². The number of carbonyl (C=O) groups is 1. The molecule has 0 radical (unpaired) electrons. The van der Waals surface area contributed by atoms with Crippen molar-refractivity contribution in [3.05, 3.63) is 41.7 Å². The molecule has 168 valence electrons. The Morgan fingerprint density at radius 3 is 2.75 bits per heavy atom. The van der Waals surface area contributed by atoms with Crippen molar-refractivity contribution in [1.29, 1.82) is 0 Å². The van der Waals surface area contributed by atoms with Crippen molar-refractivity contribution in [2.24, 2.45) is 0 Å². The molecule has 3 aromatic heterocycles. The van der Waals surface area contributed by atoms with Crippen LogP contribution in [-0.4, -0.2) is 50.3 Å². The maximum atomic E-state index is 14.1. The van der Waals surface area contributed by atoms with Crippen LogP contribution >= 0.6 is 11.3 Å². The lowest BCUT2D eigenvalue weighted by atomic mass is 10.0. The predicted octanol–water partition coefficient (Wildman–Crippen LogP) is 4.50. The second-order valence-electron chi connectivity index (χ2n) is 8.66. The highest BCUT2D eigenvalue weighted by molar-refractivity contribution is 7.13. The van der Waals surface area contributed by atoms with Crippen LogP contribution in [0.2, 0.25) is 0 Å². The van der Waals surface area contributed by atoms with Crippen LogP contribution in [0, 0.1) is 0 Å². The Morgan fingerprint density at radius 2 is 2.09 bits per heavy atom. The molecular formula is C23H26FN5O2S. The number of rotatable bonds is 7. The highest BCUT2D eigenvalue weighted by Gasteiger charge is 2.27. The lowest BCUT2D eigenvalue weighted by Gasteiger charge is -2.22. The van der Waals surface area contributed by atoms with Gasteiger partial charge >= 0.3 is 0 Å². The van der Waals surface area contributed by atoms with Crippen LogP contribution in [0.5, 0.6) is 0 Å². The SMILES string of the molecule is CC(C)Nc1cc(C(=O)NC[C@@H](F)C(C)(C)O)nc2c1[nH]c1cc(-c3cncs3)ccc12. The van der Waals surface area contributed by atoms with E-state index in [-0.39, 0.29) is 18.3 Å². The molecule has 1 aromatic carbocycles. The largest absolute Gasteiger partial charge is 0.387 e. The third-order valence-electron chi connectivity index (χ3n) is 5.16. The number of alkyl halides is 1. The molecule has 0 aliphatic heterocycles. The maximum absolute atomic E-state index is 14.1. The Morgan fingerprint density at radius 1 is 1.31 bits per heavy atom. The molecule has 7 nitrogen and oxygen atoms in total. The summed E-state index contributed by atoms with van der Waals surface area (Å²) in [6.45, 7) is 6.44. The minimum atomic E-state index is -1.60. The number of hydrogen-bond donors (Lipinski definition) is 4. The standard InChI is InChI=1S/C23H26FN5O2S/c1-12(2)27-16-8-17(22(30)26-10-19(24)23(3,4)31)29-20-14-6-5-13(18-9-25-11-32-18)7-15(14)28-21(16)20/h5-9,11-12,19,28,31H,10H2,1-4H3,(H,26,30)(H,27,29)/t19-/m1/s1. The highest BCUT2D eigenvalue weighted by Crippen LogP contribution is 2.33. The van der Waals surface area contributed by atoms with E-state index in [1.807, 2.05) is 38.2 Å². The first-order valence-electron chi connectivity index (χ1n) is 10.4. The fourth-order valence-electron chi connectivity index (χ4n) is 3.43. The molecule has 4 N–H and O–H groups in total. The Balaban J connectivity index is 1.75. The molecule has 0 unspecified atom stereocenters. The number of nitrogens with one attached hydrogen (secondary N) is 3. The number of aromatic amines is 1. The van der Waals surface area contributed by atoms with E-state index in [1.54, 1.807) is 22.9 Å². The van der Waals surface area contributed by atoms with Crippen molar-refractivity contribution >= 4 is 44.9 Å². The number of halogens is 1. The molecule has 0 fully saturated rings. The zero-order valence-corrected chi connectivity index (χ0v) is 19.2. The van der Waals surface area contributed by atoms with E-state index < -0.39 is 17.7 Å². The molecule has 4 rings (SSSR count). The van der Waals surface area contributed by atoms with Gasteiger partial charge in [-0.2, -0.15) is 0 Å². The number of aromatic nitrogens is 3. The number of carbonyl (C=O) groups excluding carboxylic acids is 1. The number of benzene rings is 1. The topological polar surface area (TPSA) is 103 Å². The van der Waals surface area contributed by atoms with Gasteiger partial charge in [-0.15, -0.1) is 11.3 Å². The number of nitrogens with zero attached hydrogens (tertiary/aromatic N) is 2. The molecule has 0 saturated carbocycles. The molecule has 9 heteroatoms. The van der Waals surface area contributed by atoms with Gasteiger partial charge in [0, 0.05) is 23.1 Å². The fraction of sp³-hybridized carbons (Fsp3) is 0.348. The molecule has 0 spiro atoms. The predicted molar refractivity (Wildman–Crippen MR) is 127 cm³/mol. The molecule has 32 heavy (non-hydrogen) atoms. The smallest absolute Gasteiger partial charge is 0.270 e. The van der Waals surface area contributed by atoms with E-state index in [2.05, 4.69) is 25.6 Å². The second-order valence-corrected chi connectivity index (χ2v) is 9.55. The van der Waals surface area contributed by atoms with Gasteiger partial charge in [-0.05, 0) is 51.5 Å². The summed E-state index contributed by atoms with van der Waals surface area (Å²) in [5, 5.41) is 16.6. The number of hydrogen-bond acceptors (Lipinski definition) is 6. The number of fused-ring (bicyclic) bond motifs is 3. The number of H-pyrrole nitrogens is 1. The van der Waals surface area contributed by atoms with Gasteiger partial charge in [0.05, 0.1) is 39.3 Å². The lowest BCUT2D eigenvalue weighted by Crippen LogP contribution is -2.42. The van der Waals surface area contributed by atoms with Gasteiger partial charge in [0.1, 0.15) is 11.9 Å². The summed E-state index contributed by atoms with van der Waals surface area (Å²) < 4.78 is 14.1. The average molecular weight is 456 g/mol. The quantitative estimate of drug-likeness (QED) is 0.329. The third kappa shape index (κ3) is 4.44. The van der Waals surface area contributed by atoms with Crippen molar-refractivity contribution in [3.63, 3.8) is 0 Å². The molecule has 1 amide bonds. The van der Waals surface area contributed by atoms with E-state index in [0.29, 0.717) is 5.52 Å². The van der Waals surface area contributed by atoms with E-state index >= 15 is 0 Å². The summed E-state index contributed by atoms with van der Waals surface area (Å²) >= 11 is 1.56. The molecule has 1 atom stereocenters. The van der Waals surface area contributed by atoms with Gasteiger partial charge in [0.25, 0.3) is 5.91 Å². The highest BCUT2D eigenvalue weighted by atomic mass is 32.1. The minimum absolute atomic E-state index is 0.126. The third-order valence-corrected chi connectivity index (χ3v) is 5.98. The lowest BCUT2D eigenvalue weighted by molar-refractivity contribution is -0.00179. The van der Waals surface area contributed by atoms with Gasteiger partial charge in [-0.3, -0.25) is 9.78 Å². The van der Waals surface area contributed by atoms with Crippen molar-refractivity contribution in [3.8, 4) is 10.4 Å². The molecule has 0 aliphatic rings. The van der Waals surface area contributed by atoms with Crippen molar-refractivity contribution in [1.82, 2.24) is 20.3 Å². The summed E-state index contributed by atoms with van der Waals surface area (Å²) in [6.07, 6.45) is 0.230. The van der Waals surface area contributed by atoms with E-state index in [9.17, 15) is 14.3 Å². The van der Waals surface area contributed by atoms with Gasteiger partial charge < -0.3 is 20.7 Å². The molecule has 3 heterocycles. The van der Waals surface area contributed by atoms with E-state index in [0.717, 1.165) is 32.5 Å². The fourth-order valence-corrected chi connectivity index (χ4v) is 4.05. The van der Waals surface area contributed by atoms with Crippen molar-refractivity contribution in [2.75, 3.05) is 11.9 Å². The normalized spacial score (nSPS) is 13.1. The first-order valence-corrected chi connectivity index (χ1v) is 11.3. The van der Waals surface area contributed by atoms with Crippen LogP contribution in [0.25, 0.3) is 32.4 Å². The summed E-state index contributed by atoms with van der Waals surface area (Å²) in [5.74, 6) is -0.499. The summed E-state index contributed by atoms with van der Waals surface area (Å²) in [4.78, 5) is 26.0. The van der Waals surface area contributed by atoms with Crippen LogP contribution in [0.15, 0.2) is 36.0 Å². The van der Waals surface area contributed by atoms with Gasteiger partial charge in [0.2, 0.25) is 0 Å². The summed E-state index contributed by atoms with van der Waals surface area (Å²) in [6, 6.07) is 7.81. The molecule has 0 saturated heterocycles. The molecular weight excluding hydrogens is 429 g/mol.